The number of hydrogen-bond donors (Lipinski definition) is 2. The van der Waals surface area contributed by atoms with E-state index in [2.05, 4.69) is 15.0 Å². The Morgan fingerprint density at radius 1 is 1.20 bits per heavy atom. The van der Waals surface area contributed by atoms with Crippen molar-refractivity contribution in [3.05, 3.63) is 48.5 Å². The quantitative estimate of drug-likeness (QED) is 0.213. The molecular weight excluding hydrogens is 606 g/mol. The number of carboxylic acids is 1. The summed E-state index contributed by atoms with van der Waals surface area (Å²) in [7, 11) is -10.8. The van der Waals surface area contributed by atoms with E-state index < -0.39 is 68.9 Å². The molecule has 2 aromatic heterocycles. The van der Waals surface area contributed by atoms with Crippen LogP contribution in [-0.2, 0) is 32.7 Å². The largest absolute Gasteiger partial charge is 0.786 e. The zero-order valence-corrected chi connectivity index (χ0v) is 24.0. The van der Waals surface area contributed by atoms with Crippen LogP contribution < -0.4 is 25.7 Å². The van der Waals surface area contributed by atoms with Crippen LogP contribution in [-0.4, -0.2) is 61.1 Å². The van der Waals surface area contributed by atoms with E-state index in [0.717, 1.165) is 0 Å². The Bertz CT molecular complexity index is 1540. The number of halogens is 1. The lowest BCUT2D eigenvalue weighted by atomic mass is 10.1. The van der Waals surface area contributed by atoms with E-state index in [-0.39, 0.29) is 11.4 Å². The van der Waals surface area contributed by atoms with Gasteiger partial charge in [-0.3, -0.25) is 9.65 Å². The summed E-state index contributed by atoms with van der Waals surface area (Å²) in [5.74, 6) is -2.76. The first-order valence-electron chi connectivity index (χ1n) is 12.1. The number of carboxylic acid groups (broad SMARTS) is 1. The van der Waals surface area contributed by atoms with Crippen molar-refractivity contribution in [2.45, 2.75) is 55.1 Å². The highest BCUT2D eigenvalue weighted by molar-refractivity contribution is 7.74. The van der Waals surface area contributed by atoms with Gasteiger partial charge in [-0.2, -0.15) is 0 Å². The standard InChI is InChI=1S/C22H27ClN6O10P2/c1-22(2)38-15-12(37-19(16(15)39-22)29-10-27-14-17(24)25-9-26-18(14)29)8-36-41(34,35)21(23)40(32,33)28-13(20(30)31)11-6-4-3-5-7-11/h3-7,9-10,12-13,15-16,19,21H,8H2,1-2H3,(H,30,31)(H,34,35)(H2,24,25,26)(H2,28,32,33)/p-3/t12?,13-,15?,16?,19?,21+/m1/s1. The zero-order valence-electron chi connectivity index (χ0n) is 21.4. The number of benzene rings is 1. The molecule has 16 nitrogen and oxygen atoms in total. The van der Waals surface area contributed by atoms with Crippen molar-refractivity contribution in [2.24, 2.45) is 0 Å². The molecule has 0 bridgehead atoms. The number of nitrogen functional groups attached to an aromatic ring is 1. The molecular formula is C22H24ClN6O10P2-3. The lowest BCUT2D eigenvalue weighted by molar-refractivity contribution is -0.309. The zero-order chi connectivity index (χ0) is 29.7. The third-order valence-electron chi connectivity index (χ3n) is 6.42. The molecule has 8 atom stereocenters. The first kappa shape index (κ1) is 30.0. The Labute approximate surface area is 237 Å². The van der Waals surface area contributed by atoms with Crippen molar-refractivity contribution >= 4 is 49.7 Å². The first-order valence-corrected chi connectivity index (χ1v) is 15.8. The predicted molar refractivity (Wildman–Crippen MR) is 136 cm³/mol. The highest BCUT2D eigenvalue weighted by atomic mass is 35.5. The van der Waals surface area contributed by atoms with Crippen molar-refractivity contribution < 1.29 is 47.6 Å². The molecule has 5 rings (SSSR count). The fourth-order valence-corrected chi connectivity index (χ4v) is 8.09. The van der Waals surface area contributed by atoms with Crippen molar-refractivity contribution in [2.75, 3.05) is 12.3 Å². The van der Waals surface area contributed by atoms with Gasteiger partial charge in [0.25, 0.3) is 0 Å². The molecule has 0 spiro atoms. The van der Waals surface area contributed by atoms with Gasteiger partial charge in [-0.1, -0.05) is 30.3 Å². The number of carbonyl (C=O) groups excluding carboxylic acids is 1. The van der Waals surface area contributed by atoms with Crippen molar-refractivity contribution in [3.63, 3.8) is 0 Å². The molecule has 0 radical (unpaired) electrons. The van der Waals surface area contributed by atoms with Crippen LogP contribution in [0.3, 0.4) is 0 Å². The van der Waals surface area contributed by atoms with E-state index in [9.17, 15) is 28.8 Å². The fourth-order valence-electron chi connectivity index (χ4n) is 4.65. The number of imidazole rings is 1. The highest BCUT2D eigenvalue weighted by Crippen LogP contribution is 2.61. The van der Waals surface area contributed by atoms with Crippen LogP contribution in [0, 0.1) is 0 Å². The highest BCUT2D eigenvalue weighted by Gasteiger charge is 2.56. The Morgan fingerprint density at radius 3 is 2.56 bits per heavy atom. The van der Waals surface area contributed by atoms with Gasteiger partial charge < -0.3 is 53.3 Å². The Hall–Kier alpha value is -2.49. The van der Waals surface area contributed by atoms with E-state index >= 15 is 0 Å². The van der Waals surface area contributed by atoms with E-state index in [1.807, 2.05) is 0 Å². The average molecular weight is 630 g/mol. The maximum Gasteiger partial charge on any atom is 0.167 e. The van der Waals surface area contributed by atoms with Gasteiger partial charge in [-0.25, -0.2) is 15.0 Å². The number of anilines is 1. The van der Waals surface area contributed by atoms with Crippen molar-refractivity contribution in [3.8, 4) is 0 Å². The average Bonchev–Trinajstić information content (AvgIpc) is 3.57. The van der Waals surface area contributed by atoms with Gasteiger partial charge in [0.15, 0.2) is 35.9 Å². The number of aromatic nitrogens is 4. The molecule has 0 aliphatic carbocycles. The third kappa shape index (κ3) is 5.90. The minimum atomic E-state index is -5.40. The van der Waals surface area contributed by atoms with Crippen LogP contribution in [0.2, 0.25) is 0 Å². The maximum atomic E-state index is 12.9. The van der Waals surface area contributed by atoms with Crippen molar-refractivity contribution in [1.29, 1.82) is 0 Å². The number of fused-ring (bicyclic) bond motifs is 2. The Kier molecular flexibility index (Phi) is 8.02. The SMILES string of the molecule is CC1(C)OC2C(COP(=O)([O-])[C@@H](Cl)P(=O)([O-])N[C@@H](C(=O)[O-])c3ccccc3)OC(n3cnc4c(N)ncnc43)C2O1. The normalized spacial score (nSPS) is 28.0. The van der Waals surface area contributed by atoms with E-state index in [1.165, 1.54) is 41.5 Å². The molecule has 6 unspecified atom stereocenters. The second kappa shape index (κ2) is 11.0. The van der Waals surface area contributed by atoms with Crippen LogP contribution in [0.5, 0.6) is 0 Å². The van der Waals surface area contributed by atoms with Crippen LogP contribution in [0.25, 0.3) is 11.2 Å². The minimum absolute atomic E-state index is 0.00517. The van der Waals surface area contributed by atoms with Gasteiger partial charge >= 0.3 is 0 Å². The van der Waals surface area contributed by atoms with Crippen LogP contribution in [0.15, 0.2) is 43.0 Å². The van der Waals surface area contributed by atoms with Gasteiger partial charge in [0.2, 0.25) is 0 Å². The lowest BCUT2D eigenvalue weighted by Gasteiger charge is -2.39. The predicted octanol–water partition coefficient (Wildman–Crippen LogP) is -0.447. The molecule has 41 heavy (non-hydrogen) atoms. The second-order valence-electron chi connectivity index (χ2n) is 9.75. The summed E-state index contributed by atoms with van der Waals surface area (Å²) in [5.41, 5.74) is 6.51. The van der Waals surface area contributed by atoms with Crippen LogP contribution in [0.4, 0.5) is 5.82 Å². The summed E-state index contributed by atoms with van der Waals surface area (Å²) in [4.78, 5) is 47.0. The summed E-state index contributed by atoms with van der Waals surface area (Å²) in [6.45, 7) is 2.60. The number of rotatable bonds is 10. The number of aliphatic carboxylic acids is 1. The molecule has 3 aromatic rings. The number of hydrogen-bond acceptors (Lipinski definition) is 14. The number of nitrogens with zero attached hydrogens (tertiary/aromatic N) is 4. The molecule has 2 fully saturated rings. The summed E-state index contributed by atoms with van der Waals surface area (Å²) in [6, 6.07) is 5.27. The molecule has 3 N–H and O–H groups in total. The van der Waals surface area contributed by atoms with E-state index in [0.29, 0.717) is 11.2 Å². The first-order chi connectivity index (χ1) is 19.2. The monoisotopic (exact) mass is 629 g/mol. The number of carbonyl (C=O) groups is 1. The molecule has 0 amide bonds. The number of nitrogens with one attached hydrogen (secondary N) is 1. The molecule has 2 aliphatic heterocycles. The van der Waals surface area contributed by atoms with E-state index in [4.69, 9.17) is 36.1 Å². The molecule has 4 heterocycles. The summed E-state index contributed by atoms with van der Waals surface area (Å²) >= 11 is 5.85. The molecule has 0 saturated carbocycles. The number of nitrogens with two attached hydrogens (primary N) is 1. The molecule has 19 heteroatoms. The molecule has 2 saturated heterocycles. The summed E-state index contributed by atoms with van der Waals surface area (Å²) in [5, 5.41) is 13.4. The van der Waals surface area contributed by atoms with Crippen molar-refractivity contribution in [1.82, 2.24) is 24.6 Å². The smallest absolute Gasteiger partial charge is 0.167 e. The van der Waals surface area contributed by atoms with E-state index in [1.54, 1.807) is 25.0 Å². The van der Waals surface area contributed by atoms with Gasteiger partial charge in [0.1, 0.15) is 37.7 Å². The maximum absolute atomic E-state index is 12.9. The summed E-state index contributed by atoms with van der Waals surface area (Å²) < 4.78 is 50.2. The van der Waals surface area contributed by atoms with Gasteiger partial charge in [0, 0.05) is 0 Å². The molecule has 1 aromatic carbocycles. The van der Waals surface area contributed by atoms with Crippen LogP contribution in [0.1, 0.15) is 31.7 Å². The lowest BCUT2D eigenvalue weighted by Crippen LogP contribution is -2.41. The number of ether oxygens (including phenoxy) is 3. The third-order valence-corrected chi connectivity index (χ3v) is 11.9. The molecule has 222 valence electrons. The van der Waals surface area contributed by atoms with Gasteiger partial charge in [0.05, 0.1) is 24.9 Å². The fraction of sp³-hybridized carbons (Fsp3) is 0.455. The summed E-state index contributed by atoms with van der Waals surface area (Å²) in [6.07, 6.45) is -0.957. The number of alkyl halides is 1. The topological polar surface area (TPSA) is 239 Å². The Morgan fingerprint density at radius 2 is 1.88 bits per heavy atom. The van der Waals surface area contributed by atoms with Gasteiger partial charge in [-0.15, -0.1) is 11.6 Å². The Balaban J connectivity index is 1.33. The van der Waals surface area contributed by atoms with Crippen LogP contribution >= 0.6 is 26.7 Å². The second-order valence-corrected chi connectivity index (χ2v) is 15.0. The minimum Gasteiger partial charge on any atom is -0.786 e. The van der Waals surface area contributed by atoms with Gasteiger partial charge in [-0.05, 0) is 19.4 Å². The molecule has 2 aliphatic rings.